The number of anilines is 1. The van der Waals surface area contributed by atoms with Crippen molar-refractivity contribution < 1.29 is 4.79 Å². The standard InChI is InChI=1S/C15H23N3O/c1-2-18(14-8-4-3-5-9-14)15(19)12-17-10-6-7-13(16)11-17/h3-5,8-9,13H,2,6-7,10-12,16H2,1H3/t13-/m1/s1. The molecule has 2 rings (SSSR count). The Bertz CT molecular complexity index is 407. The number of hydrogen-bond donors (Lipinski definition) is 1. The normalized spacial score (nSPS) is 20.2. The van der Waals surface area contributed by atoms with Gasteiger partial charge in [0.2, 0.25) is 5.91 Å². The Kier molecular flexibility index (Phi) is 4.93. The highest BCUT2D eigenvalue weighted by Crippen LogP contribution is 2.14. The first-order valence-electron chi connectivity index (χ1n) is 7.04. The van der Waals surface area contributed by atoms with Gasteiger partial charge in [-0.3, -0.25) is 9.69 Å². The molecule has 1 heterocycles. The molecular weight excluding hydrogens is 238 g/mol. The minimum atomic E-state index is 0.155. The molecule has 0 saturated carbocycles. The van der Waals surface area contributed by atoms with E-state index in [4.69, 9.17) is 5.73 Å². The second kappa shape index (κ2) is 6.68. The number of benzene rings is 1. The van der Waals surface area contributed by atoms with Crippen molar-refractivity contribution >= 4 is 11.6 Å². The Morgan fingerprint density at radius 1 is 1.42 bits per heavy atom. The van der Waals surface area contributed by atoms with Gasteiger partial charge in [0, 0.05) is 24.8 Å². The van der Waals surface area contributed by atoms with Crippen LogP contribution in [0.5, 0.6) is 0 Å². The number of rotatable bonds is 4. The molecule has 0 bridgehead atoms. The number of likely N-dealkylation sites (N-methyl/N-ethyl adjacent to an activating group) is 1. The SMILES string of the molecule is CCN(C(=O)CN1CCC[C@@H](N)C1)c1ccccc1. The van der Waals surface area contributed by atoms with Crippen LogP contribution in [0.15, 0.2) is 30.3 Å². The van der Waals surface area contributed by atoms with Crippen molar-refractivity contribution in [1.82, 2.24) is 4.90 Å². The summed E-state index contributed by atoms with van der Waals surface area (Å²) >= 11 is 0. The fraction of sp³-hybridized carbons (Fsp3) is 0.533. The lowest BCUT2D eigenvalue weighted by molar-refractivity contribution is -0.120. The van der Waals surface area contributed by atoms with Gasteiger partial charge in [-0.05, 0) is 38.4 Å². The fourth-order valence-corrected chi connectivity index (χ4v) is 2.62. The molecule has 1 aromatic rings. The van der Waals surface area contributed by atoms with E-state index < -0.39 is 0 Å². The maximum Gasteiger partial charge on any atom is 0.241 e. The lowest BCUT2D eigenvalue weighted by Crippen LogP contribution is -2.48. The van der Waals surface area contributed by atoms with Crippen molar-refractivity contribution in [2.75, 3.05) is 31.1 Å². The molecule has 1 fully saturated rings. The summed E-state index contributed by atoms with van der Waals surface area (Å²) in [7, 11) is 0. The van der Waals surface area contributed by atoms with E-state index in [9.17, 15) is 4.79 Å². The zero-order chi connectivity index (χ0) is 13.7. The smallest absolute Gasteiger partial charge is 0.241 e. The van der Waals surface area contributed by atoms with E-state index in [1.807, 2.05) is 42.2 Å². The highest BCUT2D eigenvalue weighted by atomic mass is 16.2. The molecule has 0 aliphatic carbocycles. The van der Waals surface area contributed by atoms with Crippen LogP contribution in [0.3, 0.4) is 0 Å². The van der Waals surface area contributed by atoms with Crippen molar-refractivity contribution in [1.29, 1.82) is 0 Å². The van der Waals surface area contributed by atoms with Gasteiger partial charge in [0.05, 0.1) is 6.54 Å². The summed E-state index contributed by atoms with van der Waals surface area (Å²) in [6, 6.07) is 10.1. The van der Waals surface area contributed by atoms with E-state index >= 15 is 0 Å². The van der Waals surface area contributed by atoms with Gasteiger partial charge >= 0.3 is 0 Å². The molecule has 1 saturated heterocycles. The minimum absolute atomic E-state index is 0.155. The van der Waals surface area contributed by atoms with Crippen LogP contribution in [0.2, 0.25) is 0 Å². The van der Waals surface area contributed by atoms with Crippen molar-refractivity contribution in [2.45, 2.75) is 25.8 Å². The summed E-state index contributed by atoms with van der Waals surface area (Å²) in [4.78, 5) is 16.4. The molecule has 0 unspecified atom stereocenters. The molecule has 0 radical (unpaired) electrons. The predicted octanol–water partition coefficient (Wildman–Crippen LogP) is 1.46. The van der Waals surface area contributed by atoms with Crippen LogP contribution in [-0.2, 0) is 4.79 Å². The summed E-state index contributed by atoms with van der Waals surface area (Å²) < 4.78 is 0. The monoisotopic (exact) mass is 261 g/mol. The number of nitrogens with two attached hydrogens (primary N) is 1. The first kappa shape index (κ1) is 14.0. The number of hydrogen-bond acceptors (Lipinski definition) is 3. The fourth-order valence-electron chi connectivity index (χ4n) is 2.62. The Balaban J connectivity index is 1.97. The summed E-state index contributed by atoms with van der Waals surface area (Å²) in [5.41, 5.74) is 6.92. The van der Waals surface area contributed by atoms with E-state index in [0.29, 0.717) is 13.1 Å². The van der Waals surface area contributed by atoms with Crippen LogP contribution in [0.4, 0.5) is 5.69 Å². The van der Waals surface area contributed by atoms with Crippen LogP contribution in [-0.4, -0.2) is 43.0 Å². The van der Waals surface area contributed by atoms with E-state index in [-0.39, 0.29) is 11.9 Å². The van der Waals surface area contributed by atoms with Crippen LogP contribution in [0, 0.1) is 0 Å². The first-order valence-corrected chi connectivity index (χ1v) is 7.04. The molecular formula is C15H23N3O. The zero-order valence-corrected chi connectivity index (χ0v) is 11.6. The van der Waals surface area contributed by atoms with Crippen LogP contribution >= 0.6 is 0 Å². The van der Waals surface area contributed by atoms with Gasteiger partial charge in [-0.2, -0.15) is 0 Å². The lowest BCUT2D eigenvalue weighted by Gasteiger charge is -2.32. The van der Waals surface area contributed by atoms with Crippen LogP contribution in [0.25, 0.3) is 0 Å². The first-order chi connectivity index (χ1) is 9.20. The quantitative estimate of drug-likeness (QED) is 0.892. The molecule has 1 atom stereocenters. The largest absolute Gasteiger partial charge is 0.327 e. The van der Waals surface area contributed by atoms with Crippen molar-refractivity contribution in [3.63, 3.8) is 0 Å². The molecule has 0 spiro atoms. The van der Waals surface area contributed by atoms with E-state index in [2.05, 4.69) is 4.90 Å². The van der Waals surface area contributed by atoms with Gasteiger partial charge in [0.25, 0.3) is 0 Å². The van der Waals surface area contributed by atoms with E-state index in [1.54, 1.807) is 0 Å². The Labute approximate surface area is 115 Å². The Morgan fingerprint density at radius 2 is 2.16 bits per heavy atom. The molecule has 1 aliphatic rings. The van der Waals surface area contributed by atoms with Crippen LogP contribution in [0.1, 0.15) is 19.8 Å². The van der Waals surface area contributed by atoms with Crippen molar-refractivity contribution in [2.24, 2.45) is 5.73 Å². The maximum absolute atomic E-state index is 12.4. The number of nitrogens with zero attached hydrogens (tertiary/aromatic N) is 2. The molecule has 0 aromatic heterocycles. The molecule has 4 nitrogen and oxygen atoms in total. The zero-order valence-electron chi connectivity index (χ0n) is 11.6. The van der Waals surface area contributed by atoms with Crippen molar-refractivity contribution in [3.05, 3.63) is 30.3 Å². The number of carbonyl (C=O) groups is 1. The van der Waals surface area contributed by atoms with Crippen LogP contribution < -0.4 is 10.6 Å². The minimum Gasteiger partial charge on any atom is -0.327 e. The molecule has 2 N–H and O–H groups in total. The third kappa shape index (κ3) is 3.78. The summed E-state index contributed by atoms with van der Waals surface area (Å²) in [6.45, 7) is 4.98. The molecule has 1 aromatic carbocycles. The summed E-state index contributed by atoms with van der Waals surface area (Å²) in [5, 5.41) is 0. The van der Waals surface area contributed by atoms with Gasteiger partial charge < -0.3 is 10.6 Å². The summed E-state index contributed by atoms with van der Waals surface area (Å²) in [5.74, 6) is 0.155. The highest BCUT2D eigenvalue weighted by molar-refractivity contribution is 5.94. The molecule has 4 heteroatoms. The average Bonchev–Trinajstić information content (AvgIpc) is 2.41. The van der Waals surface area contributed by atoms with Crippen molar-refractivity contribution in [3.8, 4) is 0 Å². The number of piperidine rings is 1. The molecule has 104 valence electrons. The number of para-hydroxylation sites is 1. The van der Waals surface area contributed by atoms with Gasteiger partial charge in [0.1, 0.15) is 0 Å². The van der Waals surface area contributed by atoms with Gasteiger partial charge in [-0.15, -0.1) is 0 Å². The summed E-state index contributed by atoms with van der Waals surface area (Å²) in [6.07, 6.45) is 2.16. The lowest BCUT2D eigenvalue weighted by atomic mass is 10.1. The Morgan fingerprint density at radius 3 is 2.79 bits per heavy atom. The average molecular weight is 261 g/mol. The second-order valence-corrected chi connectivity index (χ2v) is 5.11. The van der Waals surface area contributed by atoms with Gasteiger partial charge in [-0.25, -0.2) is 0 Å². The third-order valence-corrected chi connectivity index (χ3v) is 3.59. The molecule has 1 amide bonds. The number of amides is 1. The molecule has 1 aliphatic heterocycles. The Hall–Kier alpha value is -1.39. The third-order valence-electron chi connectivity index (χ3n) is 3.59. The number of carbonyl (C=O) groups excluding carboxylic acids is 1. The predicted molar refractivity (Wildman–Crippen MR) is 78.1 cm³/mol. The van der Waals surface area contributed by atoms with E-state index in [0.717, 1.165) is 31.6 Å². The maximum atomic E-state index is 12.4. The number of likely N-dealkylation sites (tertiary alicyclic amines) is 1. The van der Waals surface area contributed by atoms with E-state index in [1.165, 1.54) is 0 Å². The second-order valence-electron chi connectivity index (χ2n) is 5.11. The van der Waals surface area contributed by atoms with Gasteiger partial charge in [0.15, 0.2) is 0 Å². The highest BCUT2D eigenvalue weighted by Gasteiger charge is 2.21. The molecule has 19 heavy (non-hydrogen) atoms. The van der Waals surface area contributed by atoms with Gasteiger partial charge in [-0.1, -0.05) is 18.2 Å². The topological polar surface area (TPSA) is 49.6 Å².